The summed E-state index contributed by atoms with van der Waals surface area (Å²) >= 11 is 0. The van der Waals surface area contributed by atoms with Crippen molar-refractivity contribution in [3.8, 4) is 39.1 Å². The Bertz CT molecular complexity index is 2910. The van der Waals surface area contributed by atoms with Gasteiger partial charge in [-0.2, -0.15) is 0 Å². The summed E-state index contributed by atoms with van der Waals surface area (Å²) in [6, 6.07) is 62.7. The molecular formula is C50H32O. The molecule has 0 saturated heterocycles. The van der Waals surface area contributed by atoms with Gasteiger partial charge in [-0.05, 0) is 124 Å². The number of hydrogen-bond acceptors (Lipinski definition) is 1. The molecule has 0 spiro atoms. The molecule has 9 aromatic carbocycles. The Morgan fingerprint density at radius 3 is 1.65 bits per heavy atom. The maximum atomic E-state index is 6.50. The van der Waals surface area contributed by atoms with Crippen LogP contribution in [0.1, 0.15) is 22.6 Å². The lowest BCUT2D eigenvalue weighted by molar-refractivity contribution is 0.267. The molecule has 1 heteroatoms. The minimum absolute atomic E-state index is 0.0251. The highest BCUT2D eigenvalue weighted by molar-refractivity contribution is 6.22. The summed E-state index contributed by atoms with van der Waals surface area (Å²) in [4.78, 5) is 0. The Labute approximate surface area is 296 Å². The van der Waals surface area contributed by atoms with Crippen molar-refractivity contribution in [2.75, 3.05) is 0 Å². The third-order valence-corrected chi connectivity index (χ3v) is 11.2. The van der Waals surface area contributed by atoms with E-state index in [-0.39, 0.29) is 12.0 Å². The topological polar surface area (TPSA) is 9.23 Å². The predicted octanol–water partition coefficient (Wildman–Crippen LogP) is 13.2. The fourth-order valence-electron chi connectivity index (χ4n) is 8.78. The summed E-state index contributed by atoms with van der Waals surface area (Å²) in [5.41, 5.74) is 11.3. The molecule has 1 nitrogen and oxygen atoms in total. The molecule has 2 aliphatic rings. The smallest absolute Gasteiger partial charge is 0.128 e. The zero-order chi connectivity index (χ0) is 33.5. The van der Waals surface area contributed by atoms with E-state index in [1.54, 1.807) is 0 Å². The van der Waals surface area contributed by atoms with Crippen molar-refractivity contribution in [1.29, 1.82) is 0 Å². The van der Waals surface area contributed by atoms with Gasteiger partial charge in [-0.25, -0.2) is 0 Å². The van der Waals surface area contributed by atoms with E-state index in [0.29, 0.717) is 0 Å². The largest absolute Gasteiger partial charge is 0.485 e. The Hall–Kier alpha value is -6.44. The van der Waals surface area contributed by atoms with Crippen molar-refractivity contribution in [2.45, 2.75) is 12.0 Å². The van der Waals surface area contributed by atoms with Gasteiger partial charge < -0.3 is 4.74 Å². The highest BCUT2D eigenvalue weighted by atomic mass is 16.5. The van der Waals surface area contributed by atoms with E-state index in [1.165, 1.54) is 93.2 Å². The number of fused-ring (bicyclic) bond motifs is 9. The van der Waals surface area contributed by atoms with Crippen molar-refractivity contribution in [3.63, 3.8) is 0 Å². The molecule has 0 amide bonds. The first kappa shape index (κ1) is 28.4. The van der Waals surface area contributed by atoms with E-state index in [4.69, 9.17) is 4.74 Å². The molecule has 9 aromatic rings. The second kappa shape index (κ2) is 11.0. The Morgan fingerprint density at radius 2 is 0.922 bits per heavy atom. The number of rotatable bonds is 3. The van der Waals surface area contributed by atoms with Crippen LogP contribution in [0.15, 0.2) is 176 Å². The van der Waals surface area contributed by atoms with Crippen molar-refractivity contribution in [1.82, 2.24) is 0 Å². The van der Waals surface area contributed by atoms with Gasteiger partial charge in [0.15, 0.2) is 0 Å². The third-order valence-electron chi connectivity index (χ3n) is 11.2. The second-order valence-corrected chi connectivity index (χ2v) is 14.0. The van der Waals surface area contributed by atoms with Gasteiger partial charge in [0.25, 0.3) is 0 Å². The molecule has 0 radical (unpaired) electrons. The van der Waals surface area contributed by atoms with Crippen LogP contribution >= 0.6 is 0 Å². The predicted molar refractivity (Wildman–Crippen MR) is 215 cm³/mol. The number of benzene rings is 9. The van der Waals surface area contributed by atoms with Crippen LogP contribution in [0.5, 0.6) is 5.75 Å². The van der Waals surface area contributed by atoms with Crippen LogP contribution in [0.3, 0.4) is 0 Å². The van der Waals surface area contributed by atoms with Gasteiger partial charge in [-0.1, -0.05) is 146 Å². The van der Waals surface area contributed by atoms with E-state index in [2.05, 4.69) is 182 Å². The van der Waals surface area contributed by atoms with Crippen LogP contribution in [0.25, 0.3) is 82.5 Å². The molecule has 51 heavy (non-hydrogen) atoms. The van der Waals surface area contributed by atoms with Crippen LogP contribution in [0, 0.1) is 0 Å². The molecule has 2 unspecified atom stereocenters. The van der Waals surface area contributed by atoms with Gasteiger partial charge in [0, 0.05) is 5.56 Å². The van der Waals surface area contributed by atoms with E-state index in [9.17, 15) is 0 Å². The Kier molecular flexibility index (Phi) is 6.15. The molecule has 0 aromatic heterocycles. The third kappa shape index (κ3) is 4.41. The fourth-order valence-corrected chi connectivity index (χ4v) is 8.78. The molecule has 2 atom stereocenters. The van der Waals surface area contributed by atoms with Crippen LogP contribution in [-0.2, 0) is 0 Å². The molecule has 0 bridgehead atoms. The monoisotopic (exact) mass is 648 g/mol. The lowest BCUT2D eigenvalue weighted by Gasteiger charge is -2.23. The average Bonchev–Trinajstić information content (AvgIpc) is 3.58. The van der Waals surface area contributed by atoms with Crippen molar-refractivity contribution >= 4 is 49.2 Å². The summed E-state index contributed by atoms with van der Waals surface area (Å²) < 4.78 is 6.50. The number of ether oxygens (including phenoxy) is 1. The van der Waals surface area contributed by atoms with Gasteiger partial charge in [-0.3, -0.25) is 0 Å². The number of hydrogen-bond donors (Lipinski definition) is 0. The lowest BCUT2D eigenvalue weighted by atomic mass is 9.81. The SMILES string of the molecule is C1=CC2Oc3ccc(-c4ccc5c(-c6ccc7ccccc7c6)c6ccccc6c(-c6ccc7ccccc7c6)c5c4)cc3C2c2ccccc21. The van der Waals surface area contributed by atoms with Gasteiger partial charge >= 0.3 is 0 Å². The minimum atomic E-state index is 0.0251. The summed E-state index contributed by atoms with van der Waals surface area (Å²) in [6.07, 6.45) is 4.45. The van der Waals surface area contributed by atoms with Gasteiger partial charge in [0.2, 0.25) is 0 Å². The van der Waals surface area contributed by atoms with Crippen molar-refractivity contribution < 1.29 is 4.74 Å². The van der Waals surface area contributed by atoms with Gasteiger partial charge in [-0.15, -0.1) is 0 Å². The maximum absolute atomic E-state index is 6.50. The highest BCUT2D eigenvalue weighted by Gasteiger charge is 2.37. The van der Waals surface area contributed by atoms with Crippen LogP contribution in [0.4, 0.5) is 0 Å². The maximum Gasteiger partial charge on any atom is 0.128 e. The Morgan fingerprint density at radius 1 is 0.373 bits per heavy atom. The van der Waals surface area contributed by atoms with E-state index >= 15 is 0 Å². The molecule has 11 rings (SSSR count). The quantitative estimate of drug-likeness (QED) is 0.173. The summed E-state index contributed by atoms with van der Waals surface area (Å²) in [5, 5.41) is 10.0. The lowest BCUT2D eigenvalue weighted by Crippen LogP contribution is -2.20. The fraction of sp³-hybridized carbons (Fsp3) is 0.0400. The van der Waals surface area contributed by atoms with Gasteiger partial charge in [0.05, 0.1) is 5.92 Å². The molecule has 1 aliphatic carbocycles. The van der Waals surface area contributed by atoms with E-state index in [0.717, 1.165) is 5.75 Å². The van der Waals surface area contributed by atoms with Crippen LogP contribution in [-0.4, -0.2) is 6.10 Å². The Balaban J connectivity index is 1.18. The highest BCUT2D eigenvalue weighted by Crippen LogP contribution is 2.49. The van der Waals surface area contributed by atoms with Crippen LogP contribution < -0.4 is 4.74 Å². The molecule has 238 valence electrons. The molecule has 0 N–H and O–H groups in total. The second-order valence-electron chi connectivity index (χ2n) is 14.0. The first-order valence-corrected chi connectivity index (χ1v) is 17.8. The molecule has 1 heterocycles. The normalized spacial score (nSPS) is 15.9. The zero-order valence-electron chi connectivity index (χ0n) is 27.9. The summed E-state index contributed by atoms with van der Waals surface area (Å²) in [5.74, 6) is 1.18. The first-order chi connectivity index (χ1) is 25.3. The zero-order valence-corrected chi connectivity index (χ0v) is 27.9. The molecular weight excluding hydrogens is 617 g/mol. The molecule has 0 saturated carbocycles. The van der Waals surface area contributed by atoms with E-state index in [1.807, 2.05) is 0 Å². The van der Waals surface area contributed by atoms with Crippen molar-refractivity contribution in [2.24, 2.45) is 0 Å². The molecule has 1 aliphatic heterocycles. The van der Waals surface area contributed by atoms with Crippen LogP contribution in [0.2, 0.25) is 0 Å². The minimum Gasteiger partial charge on any atom is -0.485 e. The van der Waals surface area contributed by atoms with E-state index < -0.39 is 0 Å². The average molecular weight is 649 g/mol. The summed E-state index contributed by atoms with van der Waals surface area (Å²) in [6.45, 7) is 0. The first-order valence-electron chi connectivity index (χ1n) is 17.8. The summed E-state index contributed by atoms with van der Waals surface area (Å²) in [7, 11) is 0. The molecule has 0 fully saturated rings. The standard InChI is InChI=1S/C50H32O/c1-3-12-34-27-38(19-17-31(34)9-1)48-41-15-7-8-16-42(41)49(39-20-18-32-10-2-4-13-35(32)28-39)44-29-36(21-24-43(44)48)37-23-25-46-45(30-37)50-40-14-6-5-11-33(40)22-26-47(50)51-46/h1-30,47,50H. The van der Waals surface area contributed by atoms with Gasteiger partial charge in [0.1, 0.15) is 11.9 Å². The van der Waals surface area contributed by atoms with Crippen molar-refractivity contribution in [3.05, 3.63) is 193 Å².